The van der Waals surface area contributed by atoms with Crippen LogP contribution in [0, 0.1) is 5.92 Å². The molecule has 112 valence electrons. The molecule has 0 aromatic carbocycles. The summed E-state index contributed by atoms with van der Waals surface area (Å²) in [6, 6.07) is 3.30. The molecule has 1 aliphatic heterocycles. The molecule has 1 fully saturated rings. The predicted molar refractivity (Wildman–Crippen MR) is 80.2 cm³/mol. The molecule has 6 heteroatoms. The minimum atomic E-state index is -3.44. The summed E-state index contributed by atoms with van der Waals surface area (Å²) < 4.78 is 27.0. The van der Waals surface area contributed by atoms with Gasteiger partial charge >= 0.3 is 0 Å². The second-order valence-electron chi connectivity index (χ2n) is 5.14. The van der Waals surface area contributed by atoms with Crippen molar-refractivity contribution in [1.29, 1.82) is 0 Å². The van der Waals surface area contributed by atoms with Gasteiger partial charge in [-0.3, -0.25) is 0 Å². The molecular formula is C14H23N3O2S. The SMILES string of the molecule is CCNc1ncccc1S(=O)(=O)N1CCC(CC)CC1. The average Bonchev–Trinajstić information content (AvgIpc) is 2.48. The van der Waals surface area contributed by atoms with Crippen LogP contribution in [0.5, 0.6) is 0 Å². The first-order valence-corrected chi connectivity index (χ1v) is 8.72. The van der Waals surface area contributed by atoms with E-state index in [-0.39, 0.29) is 4.90 Å². The van der Waals surface area contributed by atoms with Gasteiger partial charge in [0.05, 0.1) is 0 Å². The van der Waals surface area contributed by atoms with E-state index in [0.717, 1.165) is 19.3 Å². The number of sulfonamides is 1. The molecule has 0 bridgehead atoms. The number of anilines is 1. The second kappa shape index (κ2) is 6.54. The van der Waals surface area contributed by atoms with E-state index in [2.05, 4.69) is 17.2 Å². The molecule has 0 aliphatic carbocycles. The first kappa shape index (κ1) is 15.3. The third kappa shape index (κ3) is 3.12. The summed E-state index contributed by atoms with van der Waals surface area (Å²) >= 11 is 0. The highest BCUT2D eigenvalue weighted by molar-refractivity contribution is 7.89. The summed E-state index contributed by atoms with van der Waals surface area (Å²) in [6.07, 6.45) is 4.64. The van der Waals surface area contributed by atoms with E-state index >= 15 is 0 Å². The van der Waals surface area contributed by atoms with E-state index in [0.29, 0.717) is 31.4 Å². The Bertz CT molecular complexity index is 537. The molecule has 1 aromatic heterocycles. The summed E-state index contributed by atoms with van der Waals surface area (Å²) in [5.74, 6) is 1.11. The number of pyridine rings is 1. The van der Waals surface area contributed by atoms with Crippen molar-refractivity contribution in [3.8, 4) is 0 Å². The maximum atomic E-state index is 12.7. The zero-order chi connectivity index (χ0) is 14.6. The van der Waals surface area contributed by atoms with Crippen molar-refractivity contribution in [3.05, 3.63) is 18.3 Å². The fraction of sp³-hybridized carbons (Fsp3) is 0.643. The van der Waals surface area contributed by atoms with Crippen LogP contribution in [0.2, 0.25) is 0 Å². The largest absolute Gasteiger partial charge is 0.369 e. The summed E-state index contributed by atoms with van der Waals surface area (Å²) in [4.78, 5) is 4.43. The molecule has 0 unspecified atom stereocenters. The molecule has 1 N–H and O–H groups in total. The predicted octanol–water partition coefficient (Wildman–Crippen LogP) is 2.32. The van der Waals surface area contributed by atoms with Crippen LogP contribution in [0.15, 0.2) is 23.2 Å². The van der Waals surface area contributed by atoms with Crippen molar-refractivity contribution in [2.75, 3.05) is 25.0 Å². The molecule has 0 radical (unpaired) electrons. The van der Waals surface area contributed by atoms with Crippen LogP contribution in [0.4, 0.5) is 5.82 Å². The van der Waals surface area contributed by atoms with Gasteiger partial charge < -0.3 is 5.32 Å². The number of aromatic nitrogens is 1. The lowest BCUT2D eigenvalue weighted by Gasteiger charge is -2.31. The zero-order valence-corrected chi connectivity index (χ0v) is 13.0. The molecule has 1 aliphatic rings. The van der Waals surface area contributed by atoms with Gasteiger partial charge in [0.15, 0.2) is 0 Å². The average molecular weight is 297 g/mol. The van der Waals surface area contributed by atoms with Crippen LogP contribution < -0.4 is 5.32 Å². The first-order valence-electron chi connectivity index (χ1n) is 7.28. The van der Waals surface area contributed by atoms with Gasteiger partial charge in [-0.25, -0.2) is 13.4 Å². The Morgan fingerprint density at radius 1 is 1.35 bits per heavy atom. The van der Waals surface area contributed by atoms with E-state index in [1.165, 1.54) is 0 Å². The lowest BCUT2D eigenvalue weighted by Crippen LogP contribution is -2.38. The van der Waals surface area contributed by atoms with Crippen molar-refractivity contribution < 1.29 is 8.42 Å². The zero-order valence-electron chi connectivity index (χ0n) is 12.2. The Hall–Kier alpha value is -1.14. The van der Waals surface area contributed by atoms with Gasteiger partial charge in [0.25, 0.3) is 0 Å². The van der Waals surface area contributed by atoms with Gasteiger partial charge in [-0.2, -0.15) is 4.31 Å². The number of nitrogens with one attached hydrogen (secondary N) is 1. The lowest BCUT2D eigenvalue weighted by atomic mass is 9.96. The molecule has 20 heavy (non-hydrogen) atoms. The van der Waals surface area contributed by atoms with Crippen molar-refractivity contribution in [3.63, 3.8) is 0 Å². The van der Waals surface area contributed by atoms with Gasteiger partial charge in [0.2, 0.25) is 10.0 Å². The molecule has 5 nitrogen and oxygen atoms in total. The summed E-state index contributed by atoms with van der Waals surface area (Å²) in [6.45, 7) is 5.97. The van der Waals surface area contributed by atoms with Crippen molar-refractivity contribution in [1.82, 2.24) is 9.29 Å². The fourth-order valence-electron chi connectivity index (χ4n) is 2.60. The van der Waals surface area contributed by atoms with E-state index < -0.39 is 10.0 Å². The van der Waals surface area contributed by atoms with E-state index in [1.807, 2.05) is 6.92 Å². The summed E-state index contributed by atoms with van der Waals surface area (Å²) in [7, 11) is -3.44. The van der Waals surface area contributed by atoms with Crippen LogP contribution in [0.3, 0.4) is 0 Å². The van der Waals surface area contributed by atoms with Gasteiger partial charge in [-0.15, -0.1) is 0 Å². The molecule has 1 saturated heterocycles. The molecule has 0 spiro atoms. The van der Waals surface area contributed by atoms with Gasteiger partial charge in [0.1, 0.15) is 10.7 Å². The molecule has 2 heterocycles. The third-order valence-electron chi connectivity index (χ3n) is 3.88. The van der Waals surface area contributed by atoms with Gasteiger partial charge in [-0.1, -0.05) is 13.3 Å². The molecule has 0 saturated carbocycles. The summed E-state index contributed by atoms with van der Waals surface area (Å²) in [5.41, 5.74) is 0. The smallest absolute Gasteiger partial charge is 0.246 e. The normalized spacial score (nSPS) is 18.1. The fourth-order valence-corrected chi connectivity index (χ4v) is 4.19. The monoisotopic (exact) mass is 297 g/mol. The highest BCUT2D eigenvalue weighted by Crippen LogP contribution is 2.27. The van der Waals surface area contributed by atoms with Gasteiger partial charge in [-0.05, 0) is 37.8 Å². The van der Waals surface area contributed by atoms with Crippen LogP contribution in [-0.2, 0) is 10.0 Å². The highest BCUT2D eigenvalue weighted by atomic mass is 32.2. The quantitative estimate of drug-likeness (QED) is 0.906. The van der Waals surface area contributed by atoms with Crippen LogP contribution in [0.25, 0.3) is 0 Å². The Labute approximate surface area is 121 Å². The summed E-state index contributed by atoms with van der Waals surface area (Å²) in [5, 5.41) is 3.02. The van der Waals surface area contributed by atoms with Crippen molar-refractivity contribution in [2.45, 2.75) is 38.0 Å². The minimum absolute atomic E-state index is 0.289. The topological polar surface area (TPSA) is 62.3 Å². The Morgan fingerprint density at radius 2 is 2.05 bits per heavy atom. The van der Waals surface area contributed by atoms with Crippen LogP contribution in [0.1, 0.15) is 33.1 Å². The Balaban J connectivity index is 2.23. The molecule has 0 atom stereocenters. The number of hydrogen-bond acceptors (Lipinski definition) is 4. The molecular weight excluding hydrogens is 274 g/mol. The van der Waals surface area contributed by atoms with Gasteiger partial charge in [0, 0.05) is 25.8 Å². The second-order valence-corrected chi connectivity index (χ2v) is 7.04. The van der Waals surface area contributed by atoms with E-state index in [1.54, 1.807) is 22.6 Å². The maximum Gasteiger partial charge on any atom is 0.246 e. The Kier molecular flexibility index (Phi) is 4.99. The Morgan fingerprint density at radius 3 is 2.65 bits per heavy atom. The number of piperidine rings is 1. The van der Waals surface area contributed by atoms with E-state index in [9.17, 15) is 8.42 Å². The van der Waals surface area contributed by atoms with Crippen LogP contribution in [-0.4, -0.2) is 37.3 Å². The maximum absolute atomic E-state index is 12.7. The van der Waals surface area contributed by atoms with Crippen molar-refractivity contribution in [2.24, 2.45) is 5.92 Å². The molecule has 0 amide bonds. The lowest BCUT2D eigenvalue weighted by molar-refractivity contribution is 0.269. The standard InChI is InChI=1S/C14H23N3O2S/c1-3-12-7-10-17(11-8-12)20(18,19)13-6-5-9-16-14(13)15-4-2/h5-6,9,12H,3-4,7-8,10-11H2,1-2H3,(H,15,16). The first-order chi connectivity index (χ1) is 9.59. The molecule has 1 aromatic rings. The van der Waals surface area contributed by atoms with Crippen molar-refractivity contribution >= 4 is 15.8 Å². The molecule has 2 rings (SSSR count). The third-order valence-corrected chi connectivity index (χ3v) is 5.81. The number of rotatable bonds is 5. The van der Waals surface area contributed by atoms with Crippen LogP contribution >= 0.6 is 0 Å². The number of hydrogen-bond donors (Lipinski definition) is 1. The number of nitrogens with zero attached hydrogens (tertiary/aromatic N) is 2. The highest BCUT2D eigenvalue weighted by Gasteiger charge is 2.30. The van der Waals surface area contributed by atoms with E-state index in [4.69, 9.17) is 0 Å². The minimum Gasteiger partial charge on any atom is -0.369 e.